The number of rotatable bonds is 4. The third-order valence-electron chi connectivity index (χ3n) is 4.05. The molecule has 0 aliphatic carbocycles. The fraction of sp³-hybridized carbons (Fsp3) is 0.562. The first-order chi connectivity index (χ1) is 10.0. The lowest BCUT2D eigenvalue weighted by Crippen LogP contribution is -2.52. The Balaban J connectivity index is 2.07. The van der Waals surface area contributed by atoms with Gasteiger partial charge in [-0.2, -0.15) is 0 Å². The molecule has 2 N–H and O–H groups in total. The number of methoxy groups -OCH3 is 1. The van der Waals surface area contributed by atoms with Crippen LogP contribution >= 0.6 is 0 Å². The molecule has 4 nitrogen and oxygen atoms in total. The highest BCUT2D eigenvalue weighted by atomic mass is 19.1. The highest BCUT2D eigenvalue weighted by molar-refractivity contribution is 5.79. The number of carbonyl (C=O) groups excluding carboxylic acids is 1. The molecule has 0 radical (unpaired) electrons. The number of benzene rings is 1. The van der Waals surface area contributed by atoms with Gasteiger partial charge in [0.2, 0.25) is 5.91 Å². The predicted molar refractivity (Wildman–Crippen MR) is 79.7 cm³/mol. The van der Waals surface area contributed by atoms with Crippen LogP contribution < -0.4 is 10.5 Å². The zero-order valence-electron chi connectivity index (χ0n) is 12.6. The van der Waals surface area contributed by atoms with Crippen molar-refractivity contribution >= 4 is 5.91 Å². The Bertz CT molecular complexity index is 505. The van der Waals surface area contributed by atoms with E-state index in [0.29, 0.717) is 5.56 Å². The second kappa shape index (κ2) is 6.89. The van der Waals surface area contributed by atoms with Crippen molar-refractivity contribution in [3.05, 3.63) is 29.6 Å². The molecular formula is C16H23FN2O2. The summed E-state index contributed by atoms with van der Waals surface area (Å²) in [6, 6.07) is 4.69. The van der Waals surface area contributed by atoms with E-state index in [9.17, 15) is 9.18 Å². The normalized spacial score (nSPS) is 20.2. The standard InChI is InChI=1S/C16H23FN2O2/c1-11(18)14-5-3-4-8-19(14)16(20)10-12-6-7-15(21-2)13(17)9-12/h6-7,9,11,14H,3-5,8,10,18H2,1-2H3. The maximum atomic E-state index is 13.7. The second-order valence-corrected chi connectivity index (χ2v) is 5.66. The first-order valence-corrected chi connectivity index (χ1v) is 7.40. The highest BCUT2D eigenvalue weighted by Crippen LogP contribution is 2.22. The van der Waals surface area contributed by atoms with E-state index in [-0.39, 0.29) is 30.2 Å². The van der Waals surface area contributed by atoms with Crippen LogP contribution in [0.1, 0.15) is 31.7 Å². The van der Waals surface area contributed by atoms with E-state index in [1.165, 1.54) is 13.2 Å². The first-order valence-electron chi connectivity index (χ1n) is 7.40. The van der Waals surface area contributed by atoms with Crippen molar-refractivity contribution < 1.29 is 13.9 Å². The van der Waals surface area contributed by atoms with Gasteiger partial charge in [-0.1, -0.05) is 6.07 Å². The van der Waals surface area contributed by atoms with E-state index in [2.05, 4.69) is 0 Å². The molecule has 2 atom stereocenters. The molecule has 2 unspecified atom stereocenters. The van der Waals surface area contributed by atoms with Gasteiger partial charge in [0.1, 0.15) is 0 Å². The molecule has 116 valence electrons. The zero-order chi connectivity index (χ0) is 15.4. The van der Waals surface area contributed by atoms with Crippen LogP contribution in [0.2, 0.25) is 0 Å². The minimum atomic E-state index is -0.440. The quantitative estimate of drug-likeness (QED) is 0.925. The average molecular weight is 294 g/mol. The van der Waals surface area contributed by atoms with Gasteiger partial charge in [0.15, 0.2) is 11.6 Å². The minimum absolute atomic E-state index is 0.0153. The van der Waals surface area contributed by atoms with Gasteiger partial charge in [0, 0.05) is 18.6 Å². The Kier molecular flexibility index (Phi) is 5.17. The smallest absolute Gasteiger partial charge is 0.227 e. The Hall–Kier alpha value is -1.62. The maximum absolute atomic E-state index is 13.7. The second-order valence-electron chi connectivity index (χ2n) is 5.66. The van der Waals surface area contributed by atoms with E-state index >= 15 is 0 Å². The van der Waals surface area contributed by atoms with Crippen LogP contribution in [-0.4, -0.2) is 36.5 Å². The fourth-order valence-corrected chi connectivity index (χ4v) is 2.91. The van der Waals surface area contributed by atoms with Crippen LogP contribution in [0.4, 0.5) is 4.39 Å². The molecule has 1 heterocycles. The lowest BCUT2D eigenvalue weighted by atomic mass is 9.96. The van der Waals surface area contributed by atoms with Crippen LogP contribution in [0.5, 0.6) is 5.75 Å². The fourth-order valence-electron chi connectivity index (χ4n) is 2.91. The topological polar surface area (TPSA) is 55.6 Å². The molecule has 0 saturated carbocycles. The molecule has 1 aromatic carbocycles. The van der Waals surface area contributed by atoms with E-state index in [4.69, 9.17) is 10.5 Å². The Labute approximate surface area is 125 Å². The minimum Gasteiger partial charge on any atom is -0.494 e. The summed E-state index contributed by atoms with van der Waals surface area (Å²) in [5.74, 6) is -0.232. The van der Waals surface area contributed by atoms with E-state index in [0.717, 1.165) is 25.8 Å². The number of hydrogen-bond acceptors (Lipinski definition) is 3. The molecular weight excluding hydrogens is 271 g/mol. The molecule has 1 amide bonds. The average Bonchev–Trinajstić information content (AvgIpc) is 2.47. The molecule has 2 rings (SSSR count). The summed E-state index contributed by atoms with van der Waals surface area (Å²) in [7, 11) is 1.42. The summed E-state index contributed by atoms with van der Waals surface area (Å²) in [5, 5.41) is 0. The van der Waals surface area contributed by atoms with Crippen molar-refractivity contribution in [1.82, 2.24) is 4.90 Å². The van der Waals surface area contributed by atoms with Crippen molar-refractivity contribution in [2.24, 2.45) is 5.73 Å². The molecule has 1 fully saturated rings. The zero-order valence-corrected chi connectivity index (χ0v) is 12.6. The lowest BCUT2D eigenvalue weighted by molar-refractivity contribution is -0.134. The lowest BCUT2D eigenvalue weighted by Gasteiger charge is -2.38. The third kappa shape index (κ3) is 3.73. The number of amides is 1. The molecule has 21 heavy (non-hydrogen) atoms. The number of halogens is 1. The Morgan fingerprint density at radius 3 is 2.90 bits per heavy atom. The Morgan fingerprint density at radius 2 is 2.29 bits per heavy atom. The molecule has 1 aromatic rings. The van der Waals surface area contributed by atoms with Gasteiger partial charge in [-0.15, -0.1) is 0 Å². The van der Waals surface area contributed by atoms with Crippen molar-refractivity contribution in [3.63, 3.8) is 0 Å². The van der Waals surface area contributed by atoms with E-state index in [1.54, 1.807) is 12.1 Å². The summed E-state index contributed by atoms with van der Waals surface area (Å²) in [5.41, 5.74) is 6.64. The number of hydrogen-bond donors (Lipinski definition) is 1. The number of likely N-dealkylation sites (tertiary alicyclic amines) is 1. The van der Waals surface area contributed by atoms with E-state index < -0.39 is 5.82 Å². The maximum Gasteiger partial charge on any atom is 0.227 e. The SMILES string of the molecule is COc1ccc(CC(=O)N2CCCCC2C(C)N)cc1F. The Morgan fingerprint density at radius 1 is 1.52 bits per heavy atom. The predicted octanol–water partition coefficient (Wildman–Crippen LogP) is 2.11. The third-order valence-corrected chi connectivity index (χ3v) is 4.05. The molecule has 1 aliphatic heterocycles. The molecule has 1 aliphatic rings. The number of nitrogens with two attached hydrogens (primary N) is 1. The number of carbonyl (C=O) groups is 1. The van der Waals surface area contributed by atoms with Crippen molar-refractivity contribution in [3.8, 4) is 5.75 Å². The molecule has 0 bridgehead atoms. The molecule has 1 saturated heterocycles. The van der Waals surface area contributed by atoms with Crippen LogP contribution in [-0.2, 0) is 11.2 Å². The number of ether oxygens (including phenoxy) is 1. The summed E-state index contributed by atoms with van der Waals surface area (Å²) in [6.45, 7) is 2.67. The summed E-state index contributed by atoms with van der Waals surface area (Å²) in [4.78, 5) is 14.3. The van der Waals surface area contributed by atoms with Crippen molar-refractivity contribution in [2.45, 2.75) is 44.7 Å². The van der Waals surface area contributed by atoms with Gasteiger partial charge in [0.25, 0.3) is 0 Å². The van der Waals surface area contributed by atoms with E-state index in [1.807, 2.05) is 11.8 Å². The highest BCUT2D eigenvalue weighted by Gasteiger charge is 2.29. The van der Waals surface area contributed by atoms with Crippen molar-refractivity contribution in [1.29, 1.82) is 0 Å². The van der Waals surface area contributed by atoms with Crippen LogP contribution in [0, 0.1) is 5.82 Å². The first kappa shape index (κ1) is 15.8. The summed E-state index contributed by atoms with van der Waals surface area (Å²) >= 11 is 0. The van der Waals surface area contributed by atoms with Gasteiger partial charge >= 0.3 is 0 Å². The summed E-state index contributed by atoms with van der Waals surface area (Å²) < 4.78 is 18.6. The van der Waals surface area contributed by atoms with Gasteiger partial charge in [0.05, 0.1) is 13.5 Å². The van der Waals surface area contributed by atoms with Gasteiger partial charge in [-0.05, 0) is 43.9 Å². The molecule has 0 aromatic heterocycles. The van der Waals surface area contributed by atoms with Crippen LogP contribution in [0.15, 0.2) is 18.2 Å². The van der Waals surface area contributed by atoms with Crippen LogP contribution in [0.25, 0.3) is 0 Å². The van der Waals surface area contributed by atoms with Gasteiger partial charge < -0.3 is 15.4 Å². The van der Waals surface area contributed by atoms with Crippen molar-refractivity contribution in [2.75, 3.05) is 13.7 Å². The molecule has 5 heteroatoms. The monoisotopic (exact) mass is 294 g/mol. The largest absolute Gasteiger partial charge is 0.494 e. The number of piperidine rings is 1. The number of nitrogens with zero attached hydrogens (tertiary/aromatic N) is 1. The summed E-state index contributed by atoms with van der Waals surface area (Å²) in [6.07, 6.45) is 3.25. The molecule has 0 spiro atoms. The van der Waals surface area contributed by atoms with Gasteiger partial charge in [-0.25, -0.2) is 4.39 Å². The van der Waals surface area contributed by atoms with Crippen LogP contribution in [0.3, 0.4) is 0 Å². The van der Waals surface area contributed by atoms with Gasteiger partial charge in [-0.3, -0.25) is 4.79 Å².